The molecule has 1 heterocycles. The summed E-state index contributed by atoms with van der Waals surface area (Å²) in [6.45, 7) is 7.84. The smallest absolute Gasteiger partial charge is 0.322 e. The summed E-state index contributed by atoms with van der Waals surface area (Å²) in [4.78, 5) is 12.2. The lowest BCUT2D eigenvalue weighted by molar-refractivity contribution is 0.222. The van der Waals surface area contributed by atoms with Crippen molar-refractivity contribution in [3.8, 4) is 6.01 Å². The van der Waals surface area contributed by atoms with E-state index in [0.29, 0.717) is 5.95 Å². The van der Waals surface area contributed by atoms with Gasteiger partial charge in [-0.3, -0.25) is 0 Å². The van der Waals surface area contributed by atoms with E-state index >= 15 is 0 Å². The molecule has 0 bridgehead atoms. The van der Waals surface area contributed by atoms with Crippen LogP contribution >= 0.6 is 27.5 Å². The zero-order chi connectivity index (χ0) is 15.6. The van der Waals surface area contributed by atoms with Gasteiger partial charge >= 0.3 is 6.01 Å². The maximum atomic E-state index is 5.90. The van der Waals surface area contributed by atoms with Gasteiger partial charge in [0.2, 0.25) is 11.2 Å². The van der Waals surface area contributed by atoms with Crippen molar-refractivity contribution >= 4 is 39.2 Å². The molecule has 0 fully saturated rings. The molecule has 0 unspecified atom stereocenters. The number of hydrogen-bond acceptors (Lipinski definition) is 5. The Morgan fingerprint density at radius 2 is 1.76 bits per heavy atom. The topological polar surface area (TPSA) is 59.9 Å². The van der Waals surface area contributed by atoms with Gasteiger partial charge in [-0.15, -0.1) is 0 Å². The molecule has 112 valence electrons. The average Bonchev–Trinajstić information content (AvgIpc) is 2.34. The van der Waals surface area contributed by atoms with Crippen LogP contribution in [0.4, 0.5) is 11.6 Å². The molecule has 7 heteroatoms. The fourth-order valence-electron chi connectivity index (χ4n) is 1.80. The molecule has 0 saturated carbocycles. The first-order valence-corrected chi connectivity index (χ1v) is 7.64. The molecule has 1 aromatic heterocycles. The van der Waals surface area contributed by atoms with Gasteiger partial charge in [-0.25, -0.2) is 0 Å². The van der Waals surface area contributed by atoms with Crippen molar-refractivity contribution in [1.82, 2.24) is 15.0 Å². The molecule has 0 saturated heterocycles. The maximum Gasteiger partial charge on any atom is 0.322 e. The van der Waals surface area contributed by atoms with Gasteiger partial charge < -0.3 is 10.1 Å². The van der Waals surface area contributed by atoms with Crippen molar-refractivity contribution in [2.24, 2.45) is 0 Å². The second-order valence-electron chi connectivity index (χ2n) is 4.93. The van der Waals surface area contributed by atoms with Crippen LogP contribution in [0.3, 0.4) is 0 Å². The predicted molar refractivity (Wildman–Crippen MR) is 87.5 cm³/mol. The summed E-state index contributed by atoms with van der Waals surface area (Å²) < 4.78 is 6.53. The van der Waals surface area contributed by atoms with Crippen LogP contribution in [-0.4, -0.2) is 21.1 Å². The molecule has 0 aliphatic rings. The average molecular weight is 372 g/mol. The third-order valence-corrected chi connectivity index (χ3v) is 4.04. The summed E-state index contributed by atoms with van der Waals surface area (Å²) in [5.41, 5.74) is 3.12. The highest BCUT2D eigenvalue weighted by atomic mass is 79.9. The van der Waals surface area contributed by atoms with Crippen molar-refractivity contribution in [2.75, 3.05) is 5.32 Å². The van der Waals surface area contributed by atoms with E-state index in [1.54, 1.807) is 0 Å². The third-order valence-electron chi connectivity index (χ3n) is 2.62. The first-order valence-electron chi connectivity index (χ1n) is 6.47. The Bertz CT molecular complexity index is 640. The van der Waals surface area contributed by atoms with Crippen molar-refractivity contribution in [1.29, 1.82) is 0 Å². The van der Waals surface area contributed by atoms with Crippen molar-refractivity contribution in [3.63, 3.8) is 0 Å². The lowest BCUT2D eigenvalue weighted by Gasteiger charge is -2.11. The van der Waals surface area contributed by atoms with E-state index in [2.05, 4.69) is 36.2 Å². The zero-order valence-electron chi connectivity index (χ0n) is 12.2. The molecule has 1 N–H and O–H groups in total. The molecule has 5 nitrogen and oxygen atoms in total. The molecule has 0 amide bonds. The third kappa shape index (κ3) is 4.28. The minimum atomic E-state index is -0.0338. The molecular weight excluding hydrogens is 356 g/mol. The Labute approximate surface area is 137 Å². The Balaban J connectivity index is 2.29. The summed E-state index contributed by atoms with van der Waals surface area (Å²) in [7, 11) is 0. The Morgan fingerprint density at radius 1 is 1.14 bits per heavy atom. The van der Waals surface area contributed by atoms with Gasteiger partial charge in [0.25, 0.3) is 0 Å². The van der Waals surface area contributed by atoms with Crippen molar-refractivity contribution < 1.29 is 4.74 Å². The van der Waals surface area contributed by atoms with Gasteiger partial charge in [-0.05, 0) is 62.6 Å². The second kappa shape index (κ2) is 6.58. The molecule has 21 heavy (non-hydrogen) atoms. The van der Waals surface area contributed by atoms with Crippen LogP contribution in [0.2, 0.25) is 5.28 Å². The van der Waals surface area contributed by atoms with E-state index in [9.17, 15) is 0 Å². The Hall–Kier alpha value is -1.40. The zero-order valence-corrected chi connectivity index (χ0v) is 14.6. The van der Waals surface area contributed by atoms with Crippen LogP contribution in [0.25, 0.3) is 0 Å². The number of aromatic nitrogens is 3. The molecule has 0 aliphatic heterocycles. The van der Waals surface area contributed by atoms with Crippen LogP contribution in [0.5, 0.6) is 6.01 Å². The van der Waals surface area contributed by atoms with Crippen molar-refractivity contribution in [2.45, 2.75) is 33.8 Å². The van der Waals surface area contributed by atoms with E-state index in [-0.39, 0.29) is 17.4 Å². The van der Waals surface area contributed by atoms with Gasteiger partial charge in [-0.1, -0.05) is 15.9 Å². The quantitative estimate of drug-likeness (QED) is 0.861. The molecule has 0 radical (unpaired) electrons. The number of ether oxygens (including phenoxy) is 1. The minimum Gasteiger partial charge on any atom is -0.461 e. The van der Waals surface area contributed by atoms with Crippen LogP contribution in [0.15, 0.2) is 16.6 Å². The molecule has 0 spiro atoms. The van der Waals surface area contributed by atoms with Gasteiger partial charge in [0.05, 0.1) is 6.10 Å². The van der Waals surface area contributed by atoms with E-state index in [1.807, 2.05) is 39.8 Å². The van der Waals surface area contributed by atoms with Crippen LogP contribution in [0.1, 0.15) is 25.0 Å². The molecule has 0 aliphatic carbocycles. The molecule has 1 aromatic carbocycles. The number of halogens is 2. The largest absolute Gasteiger partial charge is 0.461 e. The fraction of sp³-hybridized carbons (Fsp3) is 0.357. The van der Waals surface area contributed by atoms with Crippen LogP contribution in [-0.2, 0) is 0 Å². The van der Waals surface area contributed by atoms with Crippen LogP contribution in [0, 0.1) is 13.8 Å². The summed E-state index contributed by atoms with van der Waals surface area (Å²) >= 11 is 9.44. The lowest BCUT2D eigenvalue weighted by Crippen LogP contribution is -2.10. The maximum absolute atomic E-state index is 5.90. The van der Waals surface area contributed by atoms with E-state index in [0.717, 1.165) is 21.3 Å². The van der Waals surface area contributed by atoms with E-state index in [1.165, 1.54) is 0 Å². The number of hydrogen-bond donors (Lipinski definition) is 1. The standard InChI is InChI=1S/C14H16BrClN4O/c1-7(2)21-14-19-12(16)18-13(20-14)17-10-5-8(3)11(15)9(4)6-10/h5-7H,1-4H3,(H,17,18,19,20). The molecular formula is C14H16BrClN4O. The SMILES string of the molecule is Cc1cc(Nc2nc(Cl)nc(OC(C)C)n2)cc(C)c1Br. The number of aryl methyl sites for hydroxylation is 2. The number of nitrogens with zero attached hydrogens (tertiary/aromatic N) is 3. The molecule has 0 atom stereocenters. The van der Waals surface area contributed by atoms with E-state index in [4.69, 9.17) is 16.3 Å². The van der Waals surface area contributed by atoms with Gasteiger partial charge in [-0.2, -0.15) is 15.0 Å². The normalized spacial score (nSPS) is 10.8. The summed E-state index contributed by atoms with van der Waals surface area (Å²) in [6, 6.07) is 4.20. The van der Waals surface area contributed by atoms with Crippen molar-refractivity contribution in [3.05, 3.63) is 33.0 Å². The van der Waals surface area contributed by atoms with Gasteiger partial charge in [0.1, 0.15) is 0 Å². The Kier molecular flexibility index (Phi) is 5.00. The lowest BCUT2D eigenvalue weighted by atomic mass is 10.1. The van der Waals surface area contributed by atoms with Crippen LogP contribution < -0.4 is 10.1 Å². The summed E-state index contributed by atoms with van der Waals surface area (Å²) in [6.07, 6.45) is -0.0338. The number of nitrogens with one attached hydrogen (secondary N) is 1. The highest BCUT2D eigenvalue weighted by molar-refractivity contribution is 9.10. The van der Waals surface area contributed by atoms with Gasteiger partial charge in [0.15, 0.2) is 0 Å². The van der Waals surface area contributed by atoms with E-state index < -0.39 is 0 Å². The highest BCUT2D eigenvalue weighted by Gasteiger charge is 2.09. The predicted octanol–water partition coefficient (Wildman–Crippen LogP) is 4.44. The monoisotopic (exact) mass is 370 g/mol. The number of rotatable bonds is 4. The second-order valence-corrected chi connectivity index (χ2v) is 6.06. The Morgan fingerprint density at radius 3 is 2.33 bits per heavy atom. The molecule has 2 aromatic rings. The minimum absolute atomic E-state index is 0.0338. The fourth-order valence-corrected chi connectivity index (χ4v) is 2.18. The first-order chi connectivity index (χ1) is 9.85. The number of benzene rings is 1. The molecule has 2 rings (SSSR count). The summed E-state index contributed by atoms with van der Waals surface area (Å²) in [5.74, 6) is 0.353. The first kappa shape index (κ1) is 16.0. The highest BCUT2D eigenvalue weighted by Crippen LogP contribution is 2.26. The van der Waals surface area contributed by atoms with Gasteiger partial charge in [0, 0.05) is 10.2 Å². The summed E-state index contributed by atoms with van der Waals surface area (Å²) in [5, 5.41) is 3.21. The number of anilines is 2.